The number of anilines is 1. The van der Waals surface area contributed by atoms with Crippen LogP contribution in [0.15, 0.2) is 35.1 Å². The standard InChI is InChI=1S/C10H9BrN6/c11-7-4-2-1-3-6(7)8-15-10-14-5-13-9(12)17(10)16-8/h1-5,8,16H,(H2,12,13,14,15). The number of nitrogens with one attached hydrogen (secondary N) is 3. The third-order valence-electron chi connectivity index (χ3n) is 2.53. The van der Waals surface area contributed by atoms with Crippen molar-refractivity contribution >= 4 is 21.9 Å². The predicted molar refractivity (Wildman–Crippen MR) is 65.7 cm³/mol. The van der Waals surface area contributed by atoms with Crippen LogP contribution >= 0.6 is 15.9 Å². The molecule has 2 aromatic rings. The molecule has 1 aromatic heterocycles. The smallest absolute Gasteiger partial charge is 0.245 e. The monoisotopic (exact) mass is 292 g/mol. The number of aromatic nitrogens is 3. The molecule has 0 spiro atoms. The number of nitrogens with zero attached hydrogens (tertiary/aromatic N) is 3. The summed E-state index contributed by atoms with van der Waals surface area (Å²) in [6, 6.07) is 7.89. The minimum Gasteiger partial charge on any atom is -0.329 e. The molecular weight excluding hydrogens is 284 g/mol. The average Bonchev–Trinajstić information content (AvgIpc) is 2.75. The Bertz CT molecular complexity index is 622. The number of halogens is 1. The number of rotatable bonds is 1. The number of fused-ring (bicyclic) bond motifs is 1. The highest BCUT2D eigenvalue weighted by Gasteiger charge is 2.23. The van der Waals surface area contributed by atoms with Gasteiger partial charge in [-0.15, -0.1) is 0 Å². The summed E-state index contributed by atoms with van der Waals surface area (Å²) in [5, 5.41) is 10.8. The summed E-state index contributed by atoms with van der Waals surface area (Å²) in [6.45, 7) is 0. The maximum atomic E-state index is 7.66. The van der Waals surface area contributed by atoms with Gasteiger partial charge in [0.15, 0.2) is 0 Å². The van der Waals surface area contributed by atoms with Gasteiger partial charge in [-0.2, -0.15) is 9.66 Å². The maximum Gasteiger partial charge on any atom is 0.245 e. The van der Waals surface area contributed by atoms with Gasteiger partial charge in [-0.05, 0) is 6.07 Å². The van der Waals surface area contributed by atoms with E-state index in [1.165, 1.54) is 11.0 Å². The highest BCUT2D eigenvalue weighted by atomic mass is 79.9. The normalized spacial score (nSPS) is 17.1. The molecule has 0 aliphatic carbocycles. The molecule has 0 bridgehead atoms. The third kappa shape index (κ3) is 1.68. The molecule has 1 unspecified atom stereocenters. The van der Waals surface area contributed by atoms with Crippen LogP contribution in [-0.4, -0.2) is 14.6 Å². The van der Waals surface area contributed by atoms with E-state index in [1.807, 2.05) is 24.3 Å². The first-order valence-electron chi connectivity index (χ1n) is 5.02. The lowest BCUT2D eigenvalue weighted by atomic mass is 10.2. The second kappa shape index (κ2) is 3.85. The van der Waals surface area contributed by atoms with Crippen LogP contribution < -0.4 is 16.4 Å². The Kier molecular flexibility index (Phi) is 2.32. The fourth-order valence-electron chi connectivity index (χ4n) is 1.73. The molecule has 0 fully saturated rings. The van der Waals surface area contributed by atoms with E-state index in [4.69, 9.17) is 5.41 Å². The molecule has 1 aliphatic rings. The molecule has 86 valence electrons. The fraction of sp³-hybridized carbons (Fsp3) is 0.100. The summed E-state index contributed by atoms with van der Waals surface area (Å²) in [4.78, 5) is 7.87. The van der Waals surface area contributed by atoms with Crippen molar-refractivity contribution in [1.82, 2.24) is 14.6 Å². The highest BCUT2D eigenvalue weighted by molar-refractivity contribution is 9.10. The molecule has 0 saturated heterocycles. The Balaban J connectivity index is 2.00. The van der Waals surface area contributed by atoms with Crippen LogP contribution in [0.5, 0.6) is 0 Å². The Labute approximate surface area is 105 Å². The average molecular weight is 293 g/mol. The minimum atomic E-state index is -0.119. The van der Waals surface area contributed by atoms with E-state index < -0.39 is 0 Å². The number of benzene rings is 1. The van der Waals surface area contributed by atoms with Gasteiger partial charge >= 0.3 is 0 Å². The summed E-state index contributed by atoms with van der Waals surface area (Å²) in [6.07, 6.45) is 1.25. The van der Waals surface area contributed by atoms with Crippen LogP contribution in [0.25, 0.3) is 0 Å². The first kappa shape index (κ1) is 10.3. The lowest BCUT2D eigenvalue weighted by Crippen LogP contribution is -2.28. The molecule has 3 N–H and O–H groups in total. The van der Waals surface area contributed by atoms with Gasteiger partial charge in [0.1, 0.15) is 12.5 Å². The zero-order valence-corrected chi connectivity index (χ0v) is 10.3. The van der Waals surface area contributed by atoms with Crippen molar-refractivity contribution < 1.29 is 0 Å². The van der Waals surface area contributed by atoms with Crippen molar-refractivity contribution in [3.63, 3.8) is 0 Å². The Morgan fingerprint density at radius 2 is 2.12 bits per heavy atom. The van der Waals surface area contributed by atoms with Gasteiger partial charge in [-0.25, -0.2) is 4.98 Å². The van der Waals surface area contributed by atoms with Gasteiger partial charge < -0.3 is 5.32 Å². The van der Waals surface area contributed by atoms with Crippen molar-refractivity contribution in [2.75, 3.05) is 10.7 Å². The van der Waals surface area contributed by atoms with Crippen LogP contribution in [-0.2, 0) is 0 Å². The zero-order chi connectivity index (χ0) is 11.8. The molecule has 17 heavy (non-hydrogen) atoms. The molecule has 1 aromatic carbocycles. The second-order valence-corrected chi connectivity index (χ2v) is 4.44. The van der Waals surface area contributed by atoms with Crippen molar-refractivity contribution in [3.8, 4) is 0 Å². The first-order valence-corrected chi connectivity index (χ1v) is 5.81. The second-order valence-electron chi connectivity index (χ2n) is 3.58. The molecule has 1 atom stereocenters. The summed E-state index contributed by atoms with van der Waals surface area (Å²) in [7, 11) is 0. The predicted octanol–water partition coefficient (Wildman–Crippen LogP) is 1.19. The van der Waals surface area contributed by atoms with Gasteiger partial charge in [-0.3, -0.25) is 10.8 Å². The van der Waals surface area contributed by atoms with Crippen molar-refractivity contribution in [2.45, 2.75) is 6.17 Å². The van der Waals surface area contributed by atoms with E-state index in [2.05, 4.69) is 36.6 Å². The van der Waals surface area contributed by atoms with Crippen molar-refractivity contribution in [2.24, 2.45) is 0 Å². The molecule has 7 heteroatoms. The van der Waals surface area contributed by atoms with E-state index in [9.17, 15) is 0 Å². The SMILES string of the molecule is N=c1ncnc2n1NC(c1ccccc1Br)N2. The van der Waals surface area contributed by atoms with Crippen LogP contribution in [0.3, 0.4) is 0 Å². The number of hydrogen-bond acceptors (Lipinski definition) is 5. The van der Waals surface area contributed by atoms with E-state index in [0.29, 0.717) is 5.95 Å². The zero-order valence-electron chi connectivity index (χ0n) is 8.68. The van der Waals surface area contributed by atoms with Crippen molar-refractivity contribution in [3.05, 3.63) is 46.2 Å². The molecule has 6 nitrogen and oxygen atoms in total. The molecule has 0 radical (unpaired) electrons. The van der Waals surface area contributed by atoms with E-state index in [-0.39, 0.29) is 11.8 Å². The summed E-state index contributed by atoms with van der Waals surface area (Å²) < 4.78 is 2.52. The lowest BCUT2D eigenvalue weighted by Gasteiger charge is -2.13. The molecule has 0 amide bonds. The summed E-state index contributed by atoms with van der Waals surface area (Å²) >= 11 is 3.50. The summed E-state index contributed by atoms with van der Waals surface area (Å²) in [5.74, 6) is 0.589. The molecule has 0 saturated carbocycles. The lowest BCUT2D eigenvalue weighted by molar-refractivity contribution is 0.738. The highest BCUT2D eigenvalue weighted by Crippen LogP contribution is 2.27. The van der Waals surface area contributed by atoms with E-state index in [1.54, 1.807) is 0 Å². The van der Waals surface area contributed by atoms with E-state index in [0.717, 1.165) is 10.0 Å². The van der Waals surface area contributed by atoms with Crippen LogP contribution in [0.2, 0.25) is 0 Å². The molecule has 3 rings (SSSR count). The topological polar surface area (TPSA) is 78.6 Å². The third-order valence-corrected chi connectivity index (χ3v) is 3.25. The Hall–Kier alpha value is -1.89. The van der Waals surface area contributed by atoms with Gasteiger partial charge in [0.05, 0.1) is 0 Å². The van der Waals surface area contributed by atoms with Crippen LogP contribution in [0, 0.1) is 5.41 Å². The number of hydrogen-bond donors (Lipinski definition) is 3. The van der Waals surface area contributed by atoms with Gasteiger partial charge in [0.2, 0.25) is 11.6 Å². The molecule has 2 heterocycles. The van der Waals surface area contributed by atoms with Crippen molar-refractivity contribution in [1.29, 1.82) is 5.41 Å². The molecular formula is C10H9BrN6. The van der Waals surface area contributed by atoms with Gasteiger partial charge in [0.25, 0.3) is 0 Å². The minimum absolute atomic E-state index is 0.119. The Morgan fingerprint density at radius 3 is 2.88 bits per heavy atom. The van der Waals surface area contributed by atoms with Crippen LogP contribution in [0.4, 0.5) is 5.95 Å². The summed E-state index contributed by atoms with van der Waals surface area (Å²) in [5.41, 5.74) is 4.30. The molecule has 1 aliphatic heterocycles. The van der Waals surface area contributed by atoms with Crippen LogP contribution in [0.1, 0.15) is 11.7 Å². The van der Waals surface area contributed by atoms with Gasteiger partial charge in [-0.1, -0.05) is 34.1 Å². The van der Waals surface area contributed by atoms with Gasteiger partial charge in [0, 0.05) is 10.0 Å². The van der Waals surface area contributed by atoms with E-state index >= 15 is 0 Å². The quantitative estimate of drug-likeness (QED) is 0.738. The fourth-order valence-corrected chi connectivity index (χ4v) is 2.24. The maximum absolute atomic E-state index is 7.66. The Morgan fingerprint density at radius 1 is 1.29 bits per heavy atom. The first-order chi connectivity index (χ1) is 8.25. The largest absolute Gasteiger partial charge is 0.329 e.